The van der Waals surface area contributed by atoms with E-state index in [1.165, 1.54) is 6.42 Å². The summed E-state index contributed by atoms with van der Waals surface area (Å²) in [5.41, 5.74) is 0.0797. The van der Waals surface area contributed by atoms with Gasteiger partial charge < -0.3 is 19.5 Å². The smallest absolute Gasteiger partial charge is 0.248 e. The first-order valence-electron chi connectivity index (χ1n) is 9.61. The third kappa shape index (κ3) is 5.32. The number of ether oxygens (including phenoxy) is 3. The summed E-state index contributed by atoms with van der Waals surface area (Å²) in [5.74, 6) is 2.23. The van der Waals surface area contributed by atoms with Crippen LogP contribution in [0.15, 0.2) is 0 Å². The summed E-state index contributed by atoms with van der Waals surface area (Å²) in [4.78, 5) is 15.0. The molecule has 3 atom stereocenters. The van der Waals surface area contributed by atoms with E-state index in [9.17, 15) is 4.79 Å². The van der Waals surface area contributed by atoms with E-state index in [2.05, 4.69) is 10.2 Å². The molecule has 3 aliphatic heterocycles. The van der Waals surface area contributed by atoms with Crippen LogP contribution in [0.4, 0.5) is 0 Å². The SMILES string of the molecule is CC(OCC1CCCCO1)C(=O)NCC1(N2CCOCC2)CCSC1. The fourth-order valence-electron chi connectivity index (χ4n) is 3.80. The quantitative estimate of drug-likeness (QED) is 0.727. The van der Waals surface area contributed by atoms with E-state index in [1.807, 2.05) is 18.7 Å². The lowest BCUT2D eigenvalue weighted by Gasteiger charge is -2.43. The Hall–Kier alpha value is -0.340. The molecule has 3 unspecified atom stereocenters. The number of rotatable bonds is 7. The first-order chi connectivity index (χ1) is 12.2. The summed E-state index contributed by atoms with van der Waals surface area (Å²) in [7, 11) is 0. The normalized spacial score (nSPS) is 32.4. The highest BCUT2D eigenvalue weighted by molar-refractivity contribution is 7.99. The Labute approximate surface area is 155 Å². The number of carbonyl (C=O) groups is 1. The molecule has 0 aromatic heterocycles. The molecule has 3 fully saturated rings. The lowest BCUT2D eigenvalue weighted by molar-refractivity contribution is -0.136. The molecule has 1 N–H and O–H groups in total. The van der Waals surface area contributed by atoms with Crippen molar-refractivity contribution in [1.82, 2.24) is 10.2 Å². The number of hydrogen-bond donors (Lipinski definition) is 1. The van der Waals surface area contributed by atoms with Gasteiger partial charge in [-0.05, 0) is 38.4 Å². The van der Waals surface area contributed by atoms with Gasteiger partial charge >= 0.3 is 0 Å². The minimum atomic E-state index is -0.429. The molecule has 6 nitrogen and oxygen atoms in total. The predicted octanol–water partition coefficient (Wildman–Crippen LogP) is 1.28. The van der Waals surface area contributed by atoms with Crippen LogP contribution >= 0.6 is 11.8 Å². The fourth-order valence-corrected chi connectivity index (χ4v) is 5.27. The van der Waals surface area contributed by atoms with Gasteiger partial charge in [0.2, 0.25) is 5.91 Å². The second-order valence-corrected chi connectivity index (χ2v) is 8.41. The van der Waals surface area contributed by atoms with Crippen molar-refractivity contribution in [2.24, 2.45) is 0 Å². The average Bonchev–Trinajstić information content (AvgIpc) is 3.16. The Kier molecular flexibility index (Phi) is 7.42. The van der Waals surface area contributed by atoms with Gasteiger partial charge in [-0.25, -0.2) is 0 Å². The van der Waals surface area contributed by atoms with Crippen molar-refractivity contribution in [3.05, 3.63) is 0 Å². The van der Waals surface area contributed by atoms with Crippen LogP contribution in [0.2, 0.25) is 0 Å². The van der Waals surface area contributed by atoms with Crippen molar-refractivity contribution in [1.29, 1.82) is 0 Å². The van der Waals surface area contributed by atoms with Gasteiger partial charge in [0.25, 0.3) is 0 Å². The van der Waals surface area contributed by atoms with Crippen LogP contribution in [-0.4, -0.2) is 86.1 Å². The van der Waals surface area contributed by atoms with E-state index in [0.29, 0.717) is 13.2 Å². The van der Waals surface area contributed by atoms with Gasteiger partial charge in [0.15, 0.2) is 0 Å². The topological polar surface area (TPSA) is 60.0 Å². The molecule has 0 radical (unpaired) electrons. The number of morpholine rings is 1. The second kappa shape index (κ2) is 9.55. The van der Waals surface area contributed by atoms with E-state index in [4.69, 9.17) is 14.2 Å². The number of nitrogens with zero attached hydrogens (tertiary/aromatic N) is 1. The Morgan fingerprint density at radius 2 is 2.20 bits per heavy atom. The van der Waals surface area contributed by atoms with E-state index >= 15 is 0 Å². The van der Waals surface area contributed by atoms with Gasteiger partial charge in [0.05, 0.1) is 25.9 Å². The number of nitrogens with one attached hydrogen (secondary N) is 1. The molecule has 0 aromatic carbocycles. The maximum absolute atomic E-state index is 12.5. The largest absolute Gasteiger partial charge is 0.379 e. The third-order valence-corrected chi connectivity index (χ3v) is 6.77. The maximum Gasteiger partial charge on any atom is 0.248 e. The van der Waals surface area contributed by atoms with E-state index in [0.717, 1.165) is 63.7 Å². The first-order valence-corrected chi connectivity index (χ1v) is 10.8. The minimum Gasteiger partial charge on any atom is -0.379 e. The zero-order valence-electron chi connectivity index (χ0n) is 15.3. The summed E-state index contributed by atoms with van der Waals surface area (Å²) in [6.45, 7) is 7.37. The van der Waals surface area contributed by atoms with Crippen LogP contribution in [0.25, 0.3) is 0 Å². The van der Waals surface area contributed by atoms with Gasteiger partial charge in [0.1, 0.15) is 6.10 Å². The van der Waals surface area contributed by atoms with Crippen LogP contribution < -0.4 is 5.32 Å². The highest BCUT2D eigenvalue weighted by Crippen LogP contribution is 2.33. The Morgan fingerprint density at radius 3 is 2.88 bits per heavy atom. The van der Waals surface area contributed by atoms with Crippen LogP contribution in [0.3, 0.4) is 0 Å². The standard InChI is InChI=1S/C18H32N2O4S/c1-15(24-12-16-4-2-3-8-23-16)17(21)19-13-18(5-11-25-14-18)20-6-9-22-10-7-20/h15-16H,2-14H2,1H3,(H,19,21). The highest BCUT2D eigenvalue weighted by Gasteiger charge is 2.41. The number of thioether (sulfide) groups is 1. The lowest BCUT2D eigenvalue weighted by Crippen LogP contribution is -2.59. The van der Waals surface area contributed by atoms with Crippen molar-refractivity contribution < 1.29 is 19.0 Å². The maximum atomic E-state index is 12.5. The summed E-state index contributed by atoms with van der Waals surface area (Å²) in [6.07, 6.45) is 4.20. The molecule has 3 saturated heterocycles. The molecular weight excluding hydrogens is 340 g/mol. The van der Waals surface area contributed by atoms with E-state index in [-0.39, 0.29) is 17.6 Å². The molecule has 25 heavy (non-hydrogen) atoms. The van der Waals surface area contributed by atoms with E-state index in [1.54, 1.807) is 0 Å². The number of carbonyl (C=O) groups excluding carboxylic acids is 1. The van der Waals surface area contributed by atoms with Crippen molar-refractivity contribution in [3.8, 4) is 0 Å². The molecule has 0 spiro atoms. The minimum absolute atomic E-state index is 0.0136. The molecule has 3 aliphatic rings. The van der Waals surface area contributed by atoms with Crippen molar-refractivity contribution in [2.45, 2.75) is 50.4 Å². The number of amides is 1. The molecule has 3 heterocycles. The van der Waals surface area contributed by atoms with Crippen LogP contribution in [-0.2, 0) is 19.0 Å². The summed E-state index contributed by atoms with van der Waals surface area (Å²) in [6, 6.07) is 0. The predicted molar refractivity (Wildman–Crippen MR) is 99.1 cm³/mol. The van der Waals surface area contributed by atoms with Crippen molar-refractivity contribution in [3.63, 3.8) is 0 Å². The molecular formula is C18H32N2O4S. The lowest BCUT2D eigenvalue weighted by atomic mass is 9.95. The Bertz CT molecular complexity index is 419. The number of hydrogen-bond acceptors (Lipinski definition) is 6. The van der Waals surface area contributed by atoms with Crippen LogP contribution in [0.1, 0.15) is 32.6 Å². The molecule has 0 aliphatic carbocycles. The van der Waals surface area contributed by atoms with Gasteiger partial charge in [-0.3, -0.25) is 9.69 Å². The Balaban J connectivity index is 1.44. The van der Waals surface area contributed by atoms with Gasteiger partial charge in [0, 0.05) is 37.5 Å². The molecule has 0 bridgehead atoms. The third-order valence-electron chi connectivity index (χ3n) is 5.53. The van der Waals surface area contributed by atoms with Gasteiger partial charge in [-0.15, -0.1) is 0 Å². The summed E-state index contributed by atoms with van der Waals surface area (Å²) in [5, 5.41) is 3.15. The molecule has 144 valence electrons. The van der Waals surface area contributed by atoms with Crippen LogP contribution in [0, 0.1) is 0 Å². The zero-order valence-corrected chi connectivity index (χ0v) is 16.2. The first kappa shape index (κ1) is 19.4. The van der Waals surface area contributed by atoms with Crippen molar-refractivity contribution >= 4 is 17.7 Å². The van der Waals surface area contributed by atoms with Gasteiger partial charge in [-0.2, -0.15) is 11.8 Å². The molecule has 7 heteroatoms. The van der Waals surface area contributed by atoms with E-state index < -0.39 is 6.10 Å². The van der Waals surface area contributed by atoms with Crippen molar-refractivity contribution in [2.75, 3.05) is 57.6 Å². The van der Waals surface area contributed by atoms with Gasteiger partial charge in [-0.1, -0.05) is 0 Å². The zero-order chi connectivity index (χ0) is 17.5. The second-order valence-electron chi connectivity index (χ2n) is 7.31. The molecule has 0 saturated carbocycles. The summed E-state index contributed by atoms with van der Waals surface area (Å²) < 4.78 is 16.9. The average molecular weight is 373 g/mol. The Morgan fingerprint density at radius 1 is 1.36 bits per heavy atom. The fraction of sp³-hybridized carbons (Fsp3) is 0.944. The molecule has 0 aromatic rings. The monoisotopic (exact) mass is 372 g/mol. The molecule has 3 rings (SSSR count). The van der Waals surface area contributed by atoms with Crippen LogP contribution in [0.5, 0.6) is 0 Å². The summed E-state index contributed by atoms with van der Waals surface area (Å²) >= 11 is 1.98. The molecule has 1 amide bonds. The highest BCUT2D eigenvalue weighted by atomic mass is 32.2.